The maximum Gasteiger partial charge on any atom is 0.306 e. The lowest BCUT2D eigenvalue weighted by atomic mass is 9.82. The van der Waals surface area contributed by atoms with Crippen LogP contribution < -0.4 is 0 Å². The Kier molecular flexibility index (Phi) is 15.0. The molecule has 3 atom stereocenters. The Morgan fingerprint density at radius 3 is 2.41 bits per heavy atom. The lowest BCUT2D eigenvalue weighted by molar-refractivity contribution is -0.171. The van der Waals surface area contributed by atoms with Crippen molar-refractivity contribution < 1.29 is 36.4 Å². The van der Waals surface area contributed by atoms with Crippen LogP contribution in [-0.4, -0.2) is 51.9 Å². The summed E-state index contributed by atoms with van der Waals surface area (Å²) in [6.07, 6.45) is 14.6. The molecule has 0 aromatic heterocycles. The van der Waals surface area contributed by atoms with Crippen molar-refractivity contribution in [2.24, 2.45) is 17.8 Å². The molecule has 0 amide bonds. The Morgan fingerprint density at radius 1 is 1.02 bits per heavy atom. The van der Waals surface area contributed by atoms with Gasteiger partial charge in [-0.05, 0) is 76.8 Å². The fourth-order valence-electron chi connectivity index (χ4n) is 6.35. The predicted molar refractivity (Wildman–Crippen MR) is 170 cm³/mol. The first-order valence-electron chi connectivity index (χ1n) is 16.7. The van der Waals surface area contributed by atoms with Crippen LogP contribution in [0.25, 0.3) is 0 Å². The van der Waals surface area contributed by atoms with Gasteiger partial charge in [0.05, 0.1) is 30.8 Å². The van der Waals surface area contributed by atoms with Crippen molar-refractivity contribution in [2.75, 3.05) is 19.8 Å². The molecule has 9 heteroatoms. The second kappa shape index (κ2) is 18.2. The Morgan fingerprint density at radius 2 is 1.73 bits per heavy atom. The topological polar surface area (TPSA) is 105 Å². The first-order valence-corrected chi connectivity index (χ1v) is 18.1. The molecular formula is C35H54O8S. The zero-order chi connectivity index (χ0) is 32.0. The Bertz CT molecular complexity index is 1150. The molecule has 248 valence electrons. The molecule has 1 heterocycles. The quantitative estimate of drug-likeness (QED) is 0.0630. The van der Waals surface area contributed by atoms with E-state index in [0.29, 0.717) is 51.7 Å². The van der Waals surface area contributed by atoms with Gasteiger partial charge in [-0.3, -0.25) is 13.8 Å². The van der Waals surface area contributed by atoms with Crippen LogP contribution in [0, 0.1) is 24.7 Å². The molecule has 44 heavy (non-hydrogen) atoms. The van der Waals surface area contributed by atoms with Crippen LogP contribution in [0.2, 0.25) is 0 Å². The zero-order valence-corrected chi connectivity index (χ0v) is 28.1. The van der Waals surface area contributed by atoms with Gasteiger partial charge in [0.2, 0.25) is 0 Å². The van der Waals surface area contributed by atoms with E-state index in [1.807, 2.05) is 32.9 Å². The maximum atomic E-state index is 13.3. The lowest BCUT2D eigenvalue weighted by Crippen LogP contribution is -2.32. The monoisotopic (exact) mass is 634 g/mol. The van der Waals surface area contributed by atoms with Crippen LogP contribution in [0.4, 0.5) is 0 Å². The number of carbonyl (C=O) groups excluding carboxylic acids is 2. The highest BCUT2D eigenvalue weighted by Crippen LogP contribution is 2.43. The summed E-state index contributed by atoms with van der Waals surface area (Å²) in [6.45, 7) is 8.88. The third kappa shape index (κ3) is 11.7. The van der Waals surface area contributed by atoms with Crippen molar-refractivity contribution in [1.82, 2.24) is 0 Å². The number of carbonyl (C=O) groups is 2. The number of hydrogen-bond donors (Lipinski definition) is 0. The van der Waals surface area contributed by atoms with E-state index >= 15 is 0 Å². The number of Topliss-reactive ketones (excluding diaryl/α,β-unsaturated/α-hetero) is 1. The molecule has 1 aliphatic carbocycles. The van der Waals surface area contributed by atoms with Gasteiger partial charge in [-0.15, -0.1) is 0 Å². The molecular weight excluding hydrogens is 580 g/mol. The third-order valence-electron chi connectivity index (χ3n) is 8.76. The van der Waals surface area contributed by atoms with E-state index in [-0.39, 0.29) is 47.1 Å². The number of benzene rings is 1. The van der Waals surface area contributed by atoms with Gasteiger partial charge in [0, 0.05) is 31.6 Å². The third-order valence-corrected chi connectivity index (χ3v) is 10.1. The average Bonchev–Trinajstić information content (AvgIpc) is 3.56. The Labute approximate surface area is 265 Å². The summed E-state index contributed by atoms with van der Waals surface area (Å²) in [5.41, 5.74) is 0.965. The van der Waals surface area contributed by atoms with Crippen molar-refractivity contribution in [2.45, 2.75) is 128 Å². The van der Waals surface area contributed by atoms with Crippen molar-refractivity contribution in [3.8, 4) is 0 Å². The van der Waals surface area contributed by atoms with Gasteiger partial charge in [-0.2, -0.15) is 8.42 Å². The number of unbranched alkanes of at least 4 members (excludes halogenated alkanes) is 5. The van der Waals surface area contributed by atoms with E-state index in [1.165, 1.54) is 19.3 Å². The molecule has 2 fully saturated rings. The molecule has 3 rings (SSSR count). The zero-order valence-electron chi connectivity index (χ0n) is 27.3. The van der Waals surface area contributed by atoms with Crippen LogP contribution in [0.5, 0.6) is 0 Å². The Hall–Kier alpha value is -2.07. The highest BCUT2D eigenvalue weighted by Gasteiger charge is 2.44. The van der Waals surface area contributed by atoms with Crippen molar-refractivity contribution in [1.29, 1.82) is 0 Å². The van der Waals surface area contributed by atoms with E-state index in [4.69, 9.17) is 18.4 Å². The molecule has 1 unspecified atom stereocenters. The van der Waals surface area contributed by atoms with E-state index < -0.39 is 15.9 Å². The highest BCUT2D eigenvalue weighted by molar-refractivity contribution is 7.86. The van der Waals surface area contributed by atoms with Crippen LogP contribution in [0.15, 0.2) is 41.3 Å². The molecule has 0 N–H and O–H groups in total. The summed E-state index contributed by atoms with van der Waals surface area (Å²) in [5, 5.41) is 0. The molecule has 1 aliphatic heterocycles. The standard InChI is InChI=1S/C35H54O8S/c1-5-6-7-10-13-21-35(40-23-24-41-35)22-20-31-29(26-42-44(38,39)30-18-16-28(4)17-19-30)25-33(36)32(31)14-11-8-9-12-15-34(37)43-27(2)3/h8,11,16-19,27,29,31-32H,5-7,9-10,12-15,20-26H2,1-4H3/b11-8-/t29-,31-,32?/m0/s1. The van der Waals surface area contributed by atoms with Gasteiger partial charge in [0.15, 0.2) is 5.79 Å². The average molecular weight is 635 g/mol. The summed E-state index contributed by atoms with van der Waals surface area (Å²) in [7, 11) is -3.94. The summed E-state index contributed by atoms with van der Waals surface area (Å²) < 4.78 is 49.0. The van der Waals surface area contributed by atoms with Crippen LogP contribution in [0.1, 0.15) is 110 Å². The van der Waals surface area contributed by atoms with Crippen LogP contribution >= 0.6 is 0 Å². The molecule has 1 saturated heterocycles. The molecule has 1 aromatic carbocycles. The van der Waals surface area contributed by atoms with Gasteiger partial charge >= 0.3 is 5.97 Å². The fraction of sp³-hybridized carbons (Fsp3) is 0.714. The van der Waals surface area contributed by atoms with E-state index in [2.05, 4.69) is 6.92 Å². The molecule has 0 bridgehead atoms. The van der Waals surface area contributed by atoms with Crippen molar-refractivity contribution >= 4 is 21.9 Å². The summed E-state index contributed by atoms with van der Waals surface area (Å²) in [4.78, 5) is 25.3. The molecule has 0 spiro atoms. The molecule has 1 saturated carbocycles. The minimum absolute atomic E-state index is 0.0312. The minimum Gasteiger partial charge on any atom is -0.463 e. The van der Waals surface area contributed by atoms with Gasteiger partial charge in [0.25, 0.3) is 10.1 Å². The summed E-state index contributed by atoms with van der Waals surface area (Å²) in [6, 6.07) is 6.60. The summed E-state index contributed by atoms with van der Waals surface area (Å²) >= 11 is 0. The molecule has 1 aromatic rings. The second-order valence-corrected chi connectivity index (χ2v) is 14.3. The van der Waals surface area contributed by atoms with Gasteiger partial charge < -0.3 is 14.2 Å². The van der Waals surface area contributed by atoms with Crippen LogP contribution in [-0.2, 0) is 38.1 Å². The van der Waals surface area contributed by atoms with Gasteiger partial charge in [0.1, 0.15) is 5.78 Å². The van der Waals surface area contributed by atoms with E-state index in [0.717, 1.165) is 31.2 Å². The Balaban J connectivity index is 1.65. The van der Waals surface area contributed by atoms with Gasteiger partial charge in [-0.25, -0.2) is 0 Å². The number of esters is 1. The number of hydrogen-bond acceptors (Lipinski definition) is 8. The number of allylic oxidation sites excluding steroid dienone is 2. The number of aryl methyl sites for hydroxylation is 1. The maximum absolute atomic E-state index is 13.3. The largest absolute Gasteiger partial charge is 0.463 e. The number of rotatable bonds is 20. The minimum atomic E-state index is -3.94. The first-order chi connectivity index (χ1) is 21.0. The smallest absolute Gasteiger partial charge is 0.306 e. The normalized spacial score (nSPS) is 21.9. The van der Waals surface area contributed by atoms with Crippen molar-refractivity contribution in [3.63, 3.8) is 0 Å². The predicted octanol–water partition coefficient (Wildman–Crippen LogP) is 7.47. The number of ketones is 1. The lowest BCUT2D eigenvalue weighted by Gasteiger charge is -2.31. The summed E-state index contributed by atoms with van der Waals surface area (Å²) in [5.74, 6) is -1.18. The SMILES string of the molecule is CCCCCCCC1(CC[C@@H]2C(C/C=C\CCCC(=O)OC(C)C)C(=O)C[C@H]2COS(=O)(=O)c2ccc(C)cc2)OCCO1. The second-order valence-electron chi connectivity index (χ2n) is 12.7. The van der Waals surface area contributed by atoms with Gasteiger partial charge in [-0.1, -0.05) is 62.5 Å². The molecule has 0 radical (unpaired) electrons. The fourth-order valence-corrected chi connectivity index (χ4v) is 7.31. The molecule has 8 nitrogen and oxygen atoms in total. The number of ether oxygens (including phenoxy) is 3. The van der Waals surface area contributed by atoms with E-state index in [9.17, 15) is 18.0 Å². The van der Waals surface area contributed by atoms with Crippen molar-refractivity contribution in [3.05, 3.63) is 42.0 Å². The highest BCUT2D eigenvalue weighted by atomic mass is 32.2. The molecule has 2 aliphatic rings. The van der Waals surface area contributed by atoms with E-state index in [1.54, 1.807) is 24.3 Å². The van der Waals surface area contributed by atoms with Crippen LogP contribution in [0.3, 0.4) is 0 Å². The first kappa shape index (κ1) is 36.4.